The van der Waals surface area contributed by atoms with Gasteiger partial charge in [-0.05, 0) is 31.4 Å². The summed E-state index contributed by atoms with van der Waals surface area (Å²) in [4.78, 5) is 4.22. The lowest BCUT2D eigenvalue weighted by Gasteiger charge is -2.11. The van der Waals surface area contributed by atoms with E-state index in [2.05, 4.69) is 10.1 Å². The van der Waals surface area contributed by atoms with Crippen LogP contribution in [-0.2, 0) is 6.42 Å². The molecule has 0 fully saturated rings. The van der Waals surface area contributed by atoms with Gasteiger partial charge in [0.05, 0.1) is 11.3 Å². The van der Waals surface area contributed by atoms with E-state index >= 15 is 0 Å². The van der Waals surface area contributed by atoms with Crippen molar-refractivity contribution in [2.24, 2.45) is 5.16 Å². The molecule has 2 aromatic rings. The van der Waals surface area contributed by atoms with Crippen LogP contribution in [0.3, 0.4) is 0 Å². The van der Waals surface area contributed by atoms with Crippen molar-refractivity contribution in [1.29, 1.82) is 0 Å². The lowest BCUT2D eigenvalue weighted by molar-refractivity contribution is 0.180. The first-order chi connectivity index (χ1) is 9.22. The summed E-state index contributed by atoms with van der Waals surface area (Å²) in [6.45, 7) is 0. The van der Waals surface area contributed by atoms with Gasteiger partial charge in [0, 0.05) is 0 Å². The van der Waals surface area contributed by atoms with Crippen LogP contribution in [0.5, 0.6) is 0 Å². The number of aromatic nitrogens is 2. The highest BCUT2D eigenvalue weighted by Crippen LogP contribution is 2.28. The number of nitrogens with zero attached hydrogens (tertiary/aromatic N) is 3. The van der Waals surface area contributed by atoms with Gasteiger partial charge in [0.2, 0.25) is 0 Å². The third-order valence-electron chi connectivity index (χ3n) is 3.28. The molecule has 0 aliphatic heterocycles. The minimum Gasteiger partial charge on any atom is -0.427 e. The standard InChI is InChI=1S/C13H12FN3O2/c14-9-5-2-1-4-8(9)13-15-12-10(16-18)6-3-7-11(12)17(13)19/h1-2,4-5,18-19H,3,6-7H2/b16-10+. The molecule has 1 aliphatic carbocycles. The molecule has 0 saturated carbocycles. The zero-order valence-corrected chi connectivity index (χ0v) is 10.0. The van der Waals surface area contributed by atoms with Crippen LogP contribution in [0.25, 0.3) is 11.4 Å². The van der Waals surface area contributed by atoms with Gasteiger partial charge in [0.1, 0.15) is 17.2 Å². The fourth-order valence-electron chi connectivity index (χ4n) is 2.36. The smallest absolute Gasteiger partial charge is 0.179 e. The van der Waals surface area contributed by atoms with Gasteiger partial charge in [0.15, 0.2) is 5.82 Å². The molecule has 0 saturated heterocycles. The summed E-state index contributed by atoms with van der Waals surface area (Å²) in [6, 6.07) is 6.10. The molecule has 6 heteroatoms. The topological polar surface area (TPSA) is 70.6 Å². The molecule has 1 aromatic heterocycles. The van der Waals surface area contributed by atoms with Crippen molar-refractivity contribution in [1.82, 2.24) is 9.71 Å². The second kappa shape index (κ2) is 4.38. The van der Waals surface area contributed by atoms with E-state index in [1.54, 1.807) is 18.2 Å². The maximum Gasteiger partial charge on any atom is 0.179 e. The van der Waals surface area contributed by atoms with Gasteiger partial charge in [-0.2, -0.15) is 4.73 Å². The third kappa shape index (κ3) is 1.76. The highest BCUT2D eigenvalue weighted by atomic mass is 19.1. The van der Waals surface area contributed by atoms with Crippen LogP contribution in [0.2, 0.25) is 0 Å². The van der Waals surface area contributed by atoms with Gasteiger partial charge in [-0.15, -0.1) is 0 Å². The molecule has 0 unspecified atom stereocenters. The van der Waals surface area contributed by atoms with Crippen LogP contribution in [0, 0.1) is 5.82 Å². The molecule has 19 heavy (non-hydrogen) atoms. The number of benzene rings is 1. The van der Waals surface area contributed by atoms with E-state index < -0.39 is 5.82 Å². The summed E-state index contributed by atoms with van der Waals surface area (Å²) in [5.41, 5.74) is 1.63. The Morgan fingerprint density at radius 1 is 1.26 bits per heavy atom. The monoisotopic (exact) mass is 261 g/mol. The van der Waals surface area contributed by atoms with Crippen molar-refractivity contribution >= 4 is 5.71 Å². The second-order valence-electron chi connectivity index (χ2n) is 4.42. The van der Waals surface area contributed by atoms with Gasteiger partial charge >= 0.3 is 0 Å². The molecule has 0 atom stereocenters. The summed E-state index contributed by atoms with van der Waals surface area (Å²) < 4.78 is 14.6. The average Bonchev–Trinajstić information content (AvgIpc) is 2.77. The van der Waals surface area contributed by atoms with Gasteiger partial charge < -0.3 is 10.4 Å². The van der Waals surface area contributed by atoms with E-state index in [-0.39, 0.29) is 11.4 Å². The molecule has 2 N–H and O–H groups in total. The molecule has 5 nitrogen and oxygen atoms in total. The molecule has 0 radical (unpaired) electrons. The summed E-state index contributed by atoms with van der Waals surface area (Å²) in [6.07, 6.45) is 1.97. The molecule has 1 aromatic carbocycles. The summed E-state index contributed by atoms with van der Waals surface area (Å²) >= 11 is 0. The van der Waals surface area contributed by atoms with E-state index in [0.29, 0.717) is 29.9 Å². The molecule has 0 bridgehead atoms. The fourth-order valence-corrected chi connectivity index (χ4v) is 2.36. The number of rotatable bonds is 1. The van der Waals surface area contributed by atoms with E-state index in [4.69, 9.17) is 5.21 Å². The predicted octanol–water partition coefficient (Wildman–Crippen LogP) is 2.44. The van der Waals surface area contributed by atoms with Crippen molar-refractivity contribution < 1.29 is 14.8 Å². The Balaban J connectivity index is 2.20. The van der Waals surface area contributed by atoms with Crippen molar-refractivity contribution in [3.05, 3.63) is 41.5 Å². The van der Waals surface area contributed by atoms with E-state index in [1.165, 1.54) is 6.07 Å². The van der Waals surface area contributed by atoms with E-state index in [9.17, 15) is 9.60 Å². The second-order valence-corrected chi connectivity index (χ2v) is 4.42. The molecule has 3 rings (SSSR count). The summed E-state index contributed by atoms with van der Waals surface area (Å²) in [7, 11) is 0. The Hall–Kier alpha value is -2.37. The molecule has 1 aliphatic rings. The van der Waals surface area contributed by atoms with Gasteiger partial charge in [-0.25, -0.2) is 9.37 Å². The highest BCUT2D eigenvalue weighted by molar-refractivity contribution is 6.00. The van der Waals surface area contributed by atoms with E-state index in [0.717, 1.165) is 11.2 Å². The minimum atomic E-state index is -0.456. The lowest BCUT2D eigenvalue weighted by atomic mass is 9.99. The van der Waals surface area contributed by atoms with Gasteiger partial charge in [-0.3, -0.25) is 0 Å². The average molecular weight is 261 g/mol. The lowest BCUT2D eigenvalue weighted by Crippen LogP contribution is -2.13. The van der Waals surface area contributed by atoms with Crippen molar-refractivity contribution in [2.45, 2.75) is 19.3 Å². The molecule has 98 valence electrons. The van der Waals surface area contributed by atoms with Crippen LogP contribution >= 0.6 is 0 Å². The Bertz CT molecular complexity index is 664. The van der Waals surface area contributed by atoms with Crippen molar-refractivity contribution in [2.75, 3.05) is 0 Å². The molecular formula is C13H12FN3O2. The molecule has 0 spiro atoms. The maximum absolute atomic E-state index is 13.8. The normalized spacial score (nSPS) is 16.6. The zero-order chi connectivity index (χ0) is 13.4. The van der Waals surface area contributed by atoms with Gasteiger partial charge in [-0.1, -0.05) is 17.3 Å². The first-order valence-corrected chi connectivity index (χ1v) is 5.99. The first kappa shape index (κ1) is 11.7. The number of fused-ring (bicyclic) bond motifs is 1. The first-order valence-electron chi connectivity index (χ1n) is 5.99. The Morgan fingerprint density at radius 3 is 2.79 bits per heavy atom. The number of halogens is 1. The van der Waals surface area contributed by atoms with Gasteiger partial charge in [0.25, 0.3) is 0 Å². The fraction of sp³-hybridized carbons (Fsp3) is 0.231. The van der Waals surface area contributed by atoms with Crippen molar-refractivity contribution in [3.8, 4) is 11.4 Å². The third-order valence-corrected chi connectivity index (χ3v) is 3.28. The molecule has 0 amide bonds. The number of hydrogen-bond donors (Lipinski definition) is 2. The number of oxime groups is 1. The number of hydrogen-bond acceptors (Lipinski definition) is 4. The van der Waals surface area contributed by atoms with Crippen LogP contribution < -0.4 is 0 Å². The Morgan fingerprint density at radius 2 is 2.05 bits per heavy atom. The minimum absolute atomic E-state index is 0.131. The van der Waals surface area contributed by atoms with Crippen LogP contribution in [-0.4, -0.2) is 25.8 Å². The maximum atomic E-state index is 13.8. The van der Waals surface area contributed by atoms with Crippen LogP contribution in [0.4, 0.5) is 4.39 Å². The SMILES string of the molecule is O/N=C1\CCCc2c1nc(-c1ccccc1F)n2O. The number of imidazole rings is 1. The van der Waals surface area contributed by atoms with Crippen LogP contribution in [0.1, 0.15) is 24.2 Å². The summed E-state index contributed by atoms with van der Waals surface area (Å²) in [5, 5.41) is 22.3. The highest BCUT2D eigenvalue weighted by Gasteiger charge is 2.26. The van der Waals surface area contributed by atoms with E-state index in [1.807, 2.05) is 0 Å². The van der Waals surface area contributed by atoms with Crippen molar-refractivity contribution in [3.63, 3.8) is 0 Å². The Kier molecular flexibility index (Phi) is 2.70. The summed E-state index contributed by atoms with van der Waals surface area (Å²) in [5.74, 6) is -0.325. The molecule has 1 heterocycles. The Labute approximate surface area is 108 Å². The zero-order valence-electron chi connectivity index (χ0n) is 10.0. The van der Waals surface area contributed by atoms with Crippen LogP contribution in [0.15, 0.2) is 29.4 Å². The quantitative estimate of drug-likeness (QED) is 0.470. The predicted molar refractivity (Wildman–Crippen MR) is 66.1 cm³/mol. The molecular weight excluding hydrogens is 249 g/mol. The largest absolute Gasteiger partial charge is 0.427 e.